The van der Waals surface area contributed by atoms with Gasteiger partial charge in [0, 0.05) is 25.7 Å². The Morgan fingerprint density at radius 3 is 2.39 bits per heavy atom. The van der Waals surface area contributed by atoms with Crippen LogP contribution >= 0.6 is 0 Å². The summed E-state index contributed by atoms with van der Waals surface area (Å²) in [4.78, 5) is 25.2. The molecule has 31 heavy (non-hydrogen) atoms. The fraction of sp³-hybridized carbons (Fsp3) is 0.652. The molecule has 2 saturated carbocycles. The lowest BCUT2D eigenvalue weighted by Crippen LogP contribution is -2.48. The van der Waals surface area contributed by atoms with Gasteiger partial charge in [0.25, 0.3) is 12.4 Å². The number of amides is 1. The predicted molar refractivity (Wildman–Crippen MR) is 113 cm³/mol. The van der Waals surface area contributed by atoms with Crippen molar-refractivity contribution in [1.29, 1.82) is 0 Å². The maximum absolute atomic E-state index is 13.0. The molecule has 0 aromatic heterocycles. The Balaban J connectivity index is 0.000000858. The predicted octanol–water partition coefficient (Wildman–Crippen LogP) is 2.50. The first-order valence-electron chi connectivity index (χ1n) is 10.9. The summed E-state index contributed by atoms with van der Waals surface area (Å²) >= 11 is 0. The first-order chi connectivity index (χ1) is 14.9. The molecule has 1 N–H and O–H groups in total. The van der Waals surface area contributed by atoms with Crippen LogP contribution in [-0.4, -0.2) is 79.8 Å². The lowest BCUT2D eigenvalue weighted by molar-refractivity contribution is -0.132. The summed E-state index contributed by atoms with van der Waals surface area (Å²) in [6.45, 7) is 2.24. The topological polar surface area (TPSA) is 79.3 Å². The number of halogens is 1. The van der Waals surface area contributed by atoms with E-state index in [0.717, 1.165) is 38.5 Å². The molecular weight excluding hydrogens is 403 g/mol. The minimum absolute atomic E-state index is 0.00376. The van der Waals surface area contributed by atoms with Crippen molar-refractivity contribution in [3.63, 3.8) is 0 Å². The second kappa shape index (κ2) is 10.9. The summed E-state index contributed by atoms with van der Waals surface area (Å²) in [6, 6.07) is 6.21. The van der Waals surface area contributed by atoms with Gasteiger partial charge in [-0.15, -0.1) is 0 Å². The molecule has 2 aliphatic carbocycles. The maximum Gasteiger partial charge on any atom is 0.290 e. The normalized spacial score (nSPS) is 27.3. The monoisotopic (exact) mass is 436 g/mol. The smallest absolute Gasteiger partial charge is 0.290 e. The number of carbonyl (C=O) groups excluding carboxylic acids is 1. The Bertz CT molecular complexity index is 725. The van der Waals surface area contributed by atoms with E-state index in [0.29, 0.717) is 23.6 Å². The van der Waals surface area contributed by atoms with Crippen molar-refractivity contribution in [2.75, 3.05) is 40.4 Å². The van der Waals surface area contributed by atoms with Crippen molar-refractivity contribution in [3.05, 3.63) is 30.1 Å². The number of rotatable bonds is 7. The van der Waals surface area contributed by atoms with E-state index in [4.69, 9.17) is 19.4 Å². The highest BCUT2D eigenvalue weighted by molar-refractivity contribution is 5.78. The van der Waals surface area contributed by atoms with Gasteiger partial charge in [-0.25, -0.2) is 4.39 Å². The zero-order chi connectivity index (χ0) is 22.4. The largest absolute Gasteiger partial charge is 0.484 e. The highest BCUT2D eigenvalue weighted by Crippen LogP contribution is 2.40. The third kappa shape index (κ3) is 6.64. The molecule has 3 fully saturated rings. The van der Waals surface area contributed by atoms with Gasteiger partial charge in [-0.05, 0) is 81.8 Å². The Labute approximate surface area is 183 Å². The van der Waals surface area contributed by atoms with Gasteiger partial charge in [-0.3, -0.25) is 9.59 Å². The standard InChI is InChI=1S/C22H31FN2O3.CH2O2/c1-24(2)20-9-16-11-25(12-17(16)10-21(20)28-13-15-3-4-15)22(26)14-27-19-7-5-18(23)6-8-19;2-1-3/h5-8,15-17,20-21H,3-4,9-14H2,1-2H3;1H,(H,2,3)/t16-,17+,20-,21-;/m1./s1. The van der Waals surface area contributed by atoms with Crippen LogP contribution in [0.3, 0.4) is 0 Å². The first kappa shape index (κ1) is 23.5. The van der Waals surface area contributed by atoms with Gasteiger partial charge in [0.15, 0.2) is 6.61 Å². The van der Waals surface area contributed by atoms with Crippen molar-refractivity contribution >= 4 is 12.4 Å². The first-order valence-corrected chi connectivity index (χ1v) is 10.9. The van der Waals surface area contributed by atoms with Gasteiger partial charge in [-0.2, -0.15) is 0 Å². The van der Waals surface area contributed by atoms with Crippen molar-refractivity contribution in [1.82, 2.24) is 9.80 Å². The number of carbonyl (C=O) groups is 2. The lowest BCUT2D eigenvalue weighted by atomic mass is 9.77. The number of benzene rings is 1. The van der Waals surface area contributed by atoms with Crippen LogP contribution in [0.5, 0.6) is 5.75 Å². The second-order valence-electron chi connectivity index (χ2n) is 8.98. The summed E-state index contributed by atoms with van der Waals surface area (Å²) in [5.74, 6) is 2.03. The van der Waals surface area contributed by atoms with E-state index in [1.807, 2.05) is 4.90 Å². The minimum Gasteiger partial charge on any atom is -0.484 e. The van der Waals surface area contributed by atoms with Gasteiger partial charge >= 0.3 is 0 Å². The molecule has 0 bridgehead atoms. The Morgan fingerprint density at radius 2 is 1.81 bits per heavy atom. The van der Waals surface area contributed by atoms with Gasteiger partial charge in [0.2, 0.25) is 0 Å². The van der Waals surface area contributed by atoms with Crippen LogP contribution in [0.4, 0.5) is 4.39 Å². The number of fused-ring (bicyclic) bond motifs is 1. The molecule has 8 heteroatoms. The average Bonchev–Trinajstić information content (AvgIpc) is 3.48. The molecule has 0 radical (unpaired) electrons. The number of likely N-dealkylation sites (N-methyl/N-ethyl adjacent to an activating group) is 1. The fourth-order valence-electron chi connectivity index (χ4n) is 4.63. The molecule has 1 aliphatic heterocycles. The second-order valence-corrected chi connectivity index (χ2v) is 8.98. The lowest BCUT2D eigenvalue weighted by Gasteiger charge is -2.41. The molecule has 1 amide bonds. The van der Waals surface area contributed by atoms with Crippen LogP contribution in [0.1, 0.15) is 25.7 Å². The zero-order valence-electron chi connectivity index (χ0n) is 18.3. The highest BCUT2D eigenvalue weighted by Gasteiger charge is 2.44. The molecule has 0 unspecified atom stereocenters. The van der Waals surface area contributed by atoms with Gasteiger partial charge < -0.3 is 24.4 Å². The summed E-state index contributed by atoms with van der Waals surface area (Å²) in [5, 5.41) is 6.89. The van der Waals surface area contributed by atoms with Crippen LogP contribution < -0.4 is 4.74 Å². The molecule has 4 rings (SSSR count). The number of hydrogen-bond acceptors (Lipinski definition) is 5. The average molecular weight is 437 g/mol. The number of carboxylic acid groups (broad SMARTS) is 1. The van der Waals surface area contributed by atoms with Gasteiger partial charge in [-0.1, -0.05) is 0 Å². The molecule has 3 aliphatic rings. The van der Waals surface area contributed by atoms with Crippen molar-refractivity contribution in [2.45, 2.75) is 37.8 Å². The van der Waals surface area contributed by atoms with Crippen LogP contribution in [-0.2, 0) is 14.3 Å². The number of hydrogen-bond donors (Lipinski definition) is 1. The van der Waals surface area contributed by atoms with E-state index in [-0.39, 0.29) is 30.9 Å². The van der Waals surface area contributed by atoms with E-state index < -0.39 is 0 Å². The van der Waals surface area contributed by atoms with E-state index in [2.05, 4.69) is 19.0 Å². The van der Waals surface area contributed by atoms with Crippen LogP contribution in [0, 0.1) is 23.6 Å². The number of nitrogens with zero attached hydrogens (tertiary/aromatic N) is 2. The maximum atomic E-state index is 13.0. The van der Waals surface area contributed by atoms with Crippen molar-refractivity contribution < 1.29 is 28.6 Å². The molecule has 0 spiro atoms. The van der Waals surface area contributed by atoms with Crippen molar-refractivity contribution in [3.8, 4) is 5.75 Å². The van der Waals surface area contributed by atoms with Crippen LogP contribution in [0.25, 0.3) is 0 Å². The highest BCUT2D eigenvalue weighted by atomic mass is 19.1. The molecule has 4 atom stereocenters. The molecule has 1 aromatic rings. The van der Waals surface area contributed by atoms with Crippen molar-refractivity contribution in [2.24, 2.45) is 17.8 Å². The molecule has 1 heterocycles. The minimum atomic E-state index is -0.309. The zero-order valence-corrected chi connectivity index (χ0v) is 18.3. The third-order valence-corrected chi connectivity index (χ3v) is 6.52. The van der Waals surface area contributed by atoms with Crippen LogP contribution in [0.15, 0.2) is 24.3 Å². The summed E-state index contributed by atoms with van der Waals surface area (Å²) < 4.78 is 24.8. The Kier molecular flexibility index (Phi) is 8.26. The Hall–Kier alpha value is -2.19. The molecule has 7 nitrogen and oxygen atoms in total. The SMILES string of the molecule is CN(C)[C@@H]1C[C@@H]2CN(C(=O)COc3ccc(F)cc3)C[C@@H]2C[C@H]1OCC1CC1.O=CO. The summed E-state index contributed by atoms with van der Waals surface area (Å²) in [7, 11) is 4.26. The van der Waals surface area contributed by atoms with Gasteiger partial charge in [0.05, 0.1) is 6.10 Å². The number of ether oxygens (including phenoxy) is 2. The molecule has 1 saturated heterocycles. The quantitative estimate of drug-likeness (QED) is 0.662. The summed E-state index contributed by atoms with van der Waals surface area (Å²) in [5.41, 5.74) is 0. The van der Waals surface area contributed by atoms with E-state index in [9.17, 15) is 9.18 Å². The van der Waals surface area contributed by atoms with E-state index >= 15 is 0 Å². The number of likely N-dealkylation sites (tertiary alicyclic amines) is 1. The third-order valence-electron chi connectivity index (χ3n) is 6.52. The van der Waals surface area contributed by atoms with Gasteiger partial charge in [0.1, 0.15) is 11.6 Å². The fourth-order valence-corrected chi connectivity index (χ4v) is 4.63. The van der Waals surface area contributed by atoms with E-state index in [1.165, 1.54) is 25.0 Å². The molecular formula is C23H33FN2O5. The molecule has 172 valence electrons. The summed E-state index contributed by atoms with van der Waals surface area (Å²) in [6.07, 6.45) is 4.99. The Morgan fingerprint density at radius 1 is 1.19 bits per heavy atom. The van der Waals surface area contributed by atoms with E-state index in [1.54, 1.807) is 12.1 Å². The van der Waals surface area contributed by atoms with Crippen LogP contribution in [0.2, 0.25) is 0 Å². The molecule has 1 aromatic carbocycles.